The molecule has 1 N–H and O–H groups in total. The topological polar surface area (TPSA) is 15.3 Å². The average molecular weight is 279 g/mol. The normalized spacial score (nSPS) is 22.6. The monoisotopic (exact) mass is 278 g/mol. The van der Waals surface area contributed by atoms with Crippen molar-refractivity contribution in [2.45, 2.75) is 44.6 Å². The summed E-state index contributed by atoms with van der Waals surface area (Å²) >= 11 is 2.11. The molecular weight excluding hydrogens is 252 g/mol. The molecule has 4 heteroatoms. The molecule has 0 amide bonds. The number of thioether (sulfide) groups is 1. The molecule has 2 aliphatic rings. The van der Waals surface area contributed by atoms with Gasteiger partial charge in [0.1, 0.15) is 0 Å². The molecular formula is C13H27ClN2S. The molecule has 0 aromatic rings. The van der Waals surface area contributed by atoms with Gasteiger partial charge >= 0.3 is 0 Å². The maximum Gasteiger partial charge on any atom is 0.00827 e. The Kier molecular flexibility index (Phi) is 8.71. The van der Waals surface area contributed by atoms with E-state index in [0.29, 0.717) is 0 Å². The standard InChI is InChI=1S/C13H26N2S.ClH/c1(2-8-15-9-3-4-10-15)7-14-13-5-11-16-12-6-13;/h13-14H,1-12H2;1H. The minimum absolute atomic E-state index is 0. The second-order valence-electron chi connectivity index (χ2n) is 5.10. The third-order valence-electron chi connectivity index (χ3n) is 3.75. The van der Waals surface area contributed by atoms with Gasteiger partial charge in [-0.25, -0.2) is 0 Å². The lowest BCUT2D eigenvalue weighted by Gasteiger charge is -2.22. The van der Waals surface area contributed by atoms with E-state index < -0.39 is 0 Å². The van der Waals surface area contributed by atoms with E-state index in [1.54, 1.807) is 0 Å². The summed E-state index contributed by atoms with van der Waals surface area (Å²) in [5.41, 5.74) is 0. The maximum atomic E-state index is 3.72. The Hall–Kier alpha value is 0.560. The zero-order valence-electron chi connectivity index (χ0n) is 10.8. The molecule has 0 aliphatic carbocycles. The van der Waals surface area contributed by atoms with E-state index in [-0.39, 0.29) is 12.4 Å². The van der Waals surface area contributed by atoms with Crippen LogP contribution < -0.4 is 5.32 Å². The predicted molar refractivity (Wildman–Crippen MR) is 80.5 cm³/mol. The van der Waals surface area contributed by atoms with Crippen LogP contribution in [0.2, 0.25) is 0 Å². The van der Waals surface area contributed by atoms with E-state index in [1.807, 2.05) is 0 Å². The largest absolute Gasteiger partial charge is 0.314 e. The summed E-state index contributed by atoms with van der Waals surface area (Å²) in [6.45, 7) is 5.28. The number of nitrogens with zero attached hydrogens (tertiary/aromatic N) is 1. The minimum Gasteiger partial charge on any atom is -0.314 e. The van der Waals surface area contributed by atoms with E-state index in [2.05, 4.69) is 22.0 Å². The molecule has 2 rings (SSSR count). The summed E-state index contributed by atoms with van der Waals surface area (Å²) in [6, 6.07) is 0.827. The van der Waals surface area contributed by atoms with Crippen LogP contribution in [0, 0.1) is 0 Å². The van der Waals surface area contributed by atoms with Crippen molar-refractivity contribution in [2.75, 3.05) is 37.7 Å². The summed E-state index contributed by atoms with van der Waals surface area (Å²) in [5.74, 6) is 2.73. The molecule has 0 aromatic carbocycles. The summed E-state index contributed by atoms with van der Waals surface area (Å²) in [5, 5.41) is 3.72. The van der Waals surface area contributed by atoms with E-state index >= 15 is 0 Å². The summed E-state index contributed by atoms with van der Waals surface area (Å²) in [6.07, 6.45) is 8.37. The molecule has 0 radical (unpaired) electrons. The Balaban J connectivity index is 0.00000144. The number of halogens is 1. The van der Waals surface area contributed by atoms with Crippen LogP contribution in [-0.2, 0) is 0 Å². The van der Waals surface area contributed by atoms with Crippen molar-refractivity contribution in [3.63, 3.8) is 0 Å². The summed E-state index contributed by atoms with van der Waals surface area (Å²) < 4.78 is 0. The second kappa shape index (κ2) is 9.48. The number of unbranched alkanes of at least 4 members (excludes halogenated alkanes) is 1. The number of rotatable bonds is 6. The summed E-state index contributed by atoms with van der Waals surface area (Å²) in [4.78, 5) is 2.62. The van der Waals surface area contributed by atoms with Gasteiger partial charge in [0.25, 0.3) is 0 Å². The van der Waals surface area contributed by atoms with Crippen molar-refractivity contribution in [1.29, 1.82) is 0 Å². The first-order valence-electron chi connectivity index (χ1n) is 6.98. The number of hydrogen-bond acceptors (Lipinski definition) is 3. The van der Waals surface area contributed by atoms with Gasteiger partial charge in [-0.3, -0.25) is 0 Å². The highest BCUT2D eigenvalue weighted by molar-refractivity contribution is 7.99. The molecule has 0 spiro atoms. The Morgan fingerprint density at radius 3 is 2.47 bits per heavy atom. The van der Waals surface area contributed by atoms with Crippen LogP contribution in [-0.4, -0.2) is 48.6 Å². The van der Waals surface area contributed by atoms with E-state index in [4.69, 9.17) is 0 Å². The Morgan fingerprint density at radius 2 is 1.76 bits per heavy atom. The van der Waals surface area contributed by atoms with Crippen LogP contribution in [0.25, 0.3) is 0 Å². The van der Waals surface area contributed by atoms with Crippen LogP contribution in [0.5, 0.6) is 0 Å². The molecule has 0 atom stereocenters. The Bertz CT molecular complexity index is 180. The fourth-order valence-electron chi connectivity index (χ4n) is 2.67. The lowest BCUT2D eigenvalue weighted by atomic mass is 10.1. The van der Waals surface area contributed by atoms with Gasteiger partial charge in [0.2, 0.25) is 0 Å². The molecule has 0 bridgehead atoms. The molecule has 2 saturated heterocycles. The highest BCUT2D eigenvalue weighted by Crippen LogP contribution is 2.16. The zero-order chi connectivity index (χ0) is 11.1. The molecule has 2 nitrogen and oxygen atoms in total. The third-order valence-corrected chi connectivity index (χ3v) is 4.80. The fourth-order valence-corrected chi connectivity index (χ4v) is 3.78. The van der Waals surface area contributed by atoms with Gasteiger partial charge in [0, 0.05) is 6.04 Å². The quantitative estimate of drug-likeness (QED) is 0.752. The molecule has 0 saturated carbocycles. The number of likely N-dealkylation sites (tertiary alicyclic amines) is 1. The van der Waals surface area contributed by atoms with Crippen LogP contribution >= 0.6 is 24.2 Å². The van der Waals surface area contributed by atoms with Crippen LogP contribution in [0.4, 0.5) is 0 Å². The SMILES string of the molecule is C(CCN1CCCC1)CNC1CCSCC1.Cl. The Labute approximate surface area is 117 Å². The van der Waals surface area contributed by atoms with Gasteiger partial charge in [-0.2, -0.15) is 11.8 Å². The van der Waals surface area contributed by atoms with Crippen molar-refractivity contribution in [3.8, 4) is 0 Å². The van der Waals surface area contributed by atoms with Crippen LogP contribution in [0.3, 0.4) is 0 Å². The third kappa shape index (κ3) is 6.32. The van der Waals surface area contributed by atoms with Gasteiger partial charge in [0.05, 0.1) is 0 Å². The average Bonchev–Trinajstić information content (AvgIpc) is 2.83. The summed E-state index contributed by atoms with van der Waals surface area (Å²) in [7, 11) is 0. The highest BCUT2D eigenvalue weighted by Gasteiger charge is 2.13. The van der Waals surface area contributed by atoms with Crippen molar-refractivity contribution >= 4 is 24.2 Å². The number of nitrogens with one attached hydrogen (secondary N) is 1. The van der Waals surface area contributed by atoms with Gasteiger partial charge in [-0.05, 0) is 76.2 Å². The van der Waals surface area contributed by atoms with Crippen molar-refractivity contribution < 1.29 is 0 Å². The van der Waals surface area contributed by atoms with Gasteiger partial charge in [-0.15, -0.1) is 12.4 Å². The highest BCUT2D eigenvalue weighted by atomic mass is 35.5. The van der Waals surface area contributed by atoms with Crippen molar-refractivity contribution in [2.24, 2.45) is 0 Å². The van der Waals surface area contributed by atoms with E-state index in [0.717, 1.165) is 6.04 Å². The predicted octanol–water partition coefficient (Wildman–Crippen LogP) is 2.77. The molecule has 0 aromatic heterocycles. The smallest absolute Gasteiger partial charge is 0.00827 e. The van der Waals surface area contributed by atoms with Crippen molar-refractivity contribution in [1.82, 2.24) is 10.2 Å². The van der Waals surface area contributed by atoms with Crippen LogP contribution in [0.15, 0.2) is 0 Å². The molecule has 102 valence electrons. The van der Waals surface area contributed by atoms with Gasteiger partial charge in [-0.1, -0.05) is 0 Å². The second-order valence-corrected chi connectivity index (χ2v) is 6.32. The fraction of sp³-hybridized carbons (Fsp3) is 1.00. The molecule has 2 fully saturated rings. The number of hydrogen-bond donors (Lipinski definition) is 1. The lowest BCUT2D eigenvalue weighted by molar-refractivity contribution is 0.327. The minimum atomic E-state index is 0. The van der Waals surface area contributed by atoms with Crippen LogP contribution in [0.1, 0.15) is 38.5 Å². The lowest BCUT2D eigenvalue weighted by Crippen LogP contribution is -2.33. The molecule has 2 heterocycles. The van der Waals surface area contributed by atoms with Gasteiger partial charge in [0.15, 0.2) is 0 Å². The van der Waals surface area contributed by atoms with E-state index in [9.17, 15) is 0 Å². The van der Waals surface area contributed by atoms with Gasteiger partial charge < -0.3 is 10.2 Å². The first-order valence-corrected chi connectivity index (χ1v) is 8.14. The zero-order valence-corrected chi connectivity index (χ0v) is 12.5. The maximum absolute atomic E-state index is 3.72. The molecule has 17 heavy (non-hydrogen) atoms. The van der Waals surface area contributed by atoms with Crippen molar-refractivity contribution in [3.05, 3.63) is 0 Å². The van der Waals surface area contributed by atoms with E-state index in [1.165, 1.54) is 76.2 Å². The molecule has 2 aliphatic heterocycles. The molecule has 0 unspecified atom stereocenters. The Morgan fingerprint density at radius 1 is 1.06 bits per heavy atom. The first kappa shape index (κ1) is 15.6. The first-order chi connectivity index (χ1) is 7.95.